The number of esters is 1. The van der Waals surface area contributed by atoms with E-state index >= 15 is 0 Å². The molecule has 0 saturated heterocycles. The molecule has 0 aliphatic rings. The monoisotopic (exact) mass is 360 g/mol. The number of halogens is 2. The van der Waals surface area contributed by atoms with E-state index in [4.69, 9.17) is 33.2 Å². The zero-order valence-electron chi connectivity index (χ0n) is 12.8. The molecule has 0 spiro atoms. The fourth-order valence-electron chi connectivity index (χ4n) is 1.97. The van der Waals surface area contributed by atoms with Crippen LogP contribution >= 0.6 is 23.2 Å². The highest BCUT2D eigenvalue weighted by Gasteiger charge is 2.10. The normalized spacial score (nSPS) is 10.8. The van der Waals surface area contributed by atoms with Gasteiger partial charge >= 0.3 is 5.97 Å². The first kappa shape index (κ1) is 17.9. The van der Waals surface area contributed by atoms with Gasteiger partial charge in [-0.1, -0.05) is 41.4 Å². The minimum Gasteiger partial charge on any atom is -0.462 e. The molecule has 24 heavy (non-hydrogen) atoms. The van der Waals surface area contributed by atoms with E-state index in [0.717, 1.165) is 11.1 Å². The highest BCUT2D eigenvalue weighted by Crippen LogP contribution is 2.31. The van der Waals surface area contributed by atoms with Crippen molar-refractivity contribution in [1.82, 2.24) is 0 Å². The molecule has 0 bridgehead atoms. The van der Waals surface area contributed by atoms with Crippen molar-refractivity contribution in [2.24, 2.45) is 0 Å². The molecule has 0 aromatic heterocycles. The fraction of sp³-hybridized carbons (Fsp3) is 0.111. The maximum atomic E-state index is 11.5. The van der Waals surface area contributed by atoms with Gasteiger partial charge in [0.25, 0.3) is 0 Å². The van der Waals surface area contributed by atoms with Gasteiger partial charge in [0.1, 0.15) is 6.07 Å². The van der Waals surface area contributed by atoms with Crippen molar-refractivity contribution >= 4 is 34.9 Å². The lowest BCUT2D eigenvalue weighted by Gasteiger charge is -2.08. The molecule has 0 saturated carbocycles. The summed E-state index contributed by atoms with van der Waals surface area (Å²) in [5.41, 5.74) is 2.33. The molecule has 2 aromatic carbocycles. The van der Waals surface area contributed by atoms with Gasteiger partial charge in [-0.2, -0.15) is 5.26 Å². The van der Waals surface area contributed by atoms with Crippen molar-refractivity contribution in [2.75, 3.05) is 11.9 Å². The van der Waals surface area contributed by atoms with Crippen LogP contribution in [0.1, 0.15) is 6.92 Å². The highest BCUT2D eigenvalue weighted by atomic mass is 35.5. The number of carbonyl (C=O) groups is 1. The lowest BCUT2D eigenvalue weighted by Crippen LogP contribution is -2.07. The number of carbonyl (C=O) groups excluding carboxylic acids is 1. The van der Waals surface area contributed by atoms with Crippen LogP contribution in [0.5, 0.6) is 0 Å². The number of nitrogens with one attached hydrogen (secondary N) is 1. The maximum Gasteiger partial charge on any atom is 0.350 e. The molecule has 0 heterocycles. The van der Waals surface area contributed by atoms with Crippen LogP contribution in [-0.2, 0) is 9.53 Å². The van der Waals surface area contributed by atoms with Crippen molar-refractivity contribution in [3.8, 4) is 17.2 Å². The zero-order valence-corrected chi connectivity index (χ0v) is 14.4. The quantitative estimate of drug-likeness (QED) is 0.460. The Kier molecular flexibility index (Phi) is 6.25. The van der Waals surface area contributed by atoms with E-state index in [1.165, 1.54) is 6.20 Å². The van der Waals surface area contributed by atoms with Gasteiger partial charge in [-0.05, 0) is 36.8 Å². The van der Waals surface area contributed by atoms with Crippen LogP contribution in [0.3, 0.4) is 0 Å². The van der Waals surface area contributed by atoms with Gasteiger partial charge in [0, 0.05) is 22.5 Å². The Hall–Kier alpha value is -2.48. The summed E-state index contributed by atoms with van der Waals surface area (Å²) in [6.07, 6.45) is 1.30. The summed E-state index contributed by atoms with van der Waals surface area (Å²) in [6, 6.07) is 14.5. The second-order valence-corrected chi connectivity index (χ2v) is 5.58. The number of ether oxygens (including phenoxy) is 1. The molecule has 0 fully saturated rings. The van der Waals surface area contributed by atoms with E-state index in [9.17, 15) is 4.79 Å². The predicted molar refractivity (Wildman–Crippen MR) is 95.8 cm³/mol. The van der Waals surface area contributed by atoms with Gasteiger partial charge in [-0.25, -0.2) is 4.79 Å². The van der Waals surface area contributed by atoms with Crippen LogP contribution in [0.4, 0.5) is 5.69 Å². The van der Waals surface area contributed by atoms with Crippen molar-refractivity contribution in [1.29, 1.82) is 5.26 Å². The summed E-state index contributed by atoms with van der Waals surface area (Å²) in [6.45, 7) is 1.88. The van der Waals surface area contributed by atoms with Gasteiger partial charge in [-0.3, -0.25) is 0 Å². The van der Waals surface area contributed by atoms with Crippen LogP contribution in [0, 0.1) is 11.3 Å². The van der Waals surface area contributed by atoms with E-state index in [0.29, 0.717) is 15.7 Å². The Balaban J connectivity index is 2.19. The summed E-state index contributed by atoms with van der Waals surface area (Å²) in [7, 11) is 0. The second kappa shape index (κ2) is 8.39. The first-order valence-electron chi connectivity index (χ1n) is 7.14. The first-order valence-corrected chi connectivity index (χ1v) is 7.90. The van der Waals surface area contributed by atoms with Gasteiger partial charge in [0.2, 0.25) is 0 Å². The Bertz CT molecular complexity index is 809. The van der Waals surface area contributed by atoms with E-state index in [1.807, 2.05) is 18.2 Å². The number of nitrogens with zero attached hydrogens (tertiary/aromatic N) is 1. The molecule has 0 amide bonds. The third-order valence-electron chi connectivity index (χ3n) is 3.12. The van der Waals surface area contributed by atoms with Gasteiger partial charge in [0.15, 0.2) is 5.57 Å². The average molecular weight is 361 g/mol. The number of benzene rings is 2. The molecule has 6 heteroatoms. The second-order valence-electron chi connectivity index (χ2n) is 4.74. The summed E-state index contributed by atoms with van der Waals surface area (Å²) in [5, 5.41) is 13.0. The lowest BCUT2D eigenvalue weighted by atomic mass is 10.1. The van der Waals surface area contributed by atoms with E-state index in [1.54, 1.807) is 37.3 Å². The fourth-order valence-corrected chi connectivity index (χ4v) is 2.39. The largest absolute Gasteiger partial charge is 0.462 e. The Morgan fingerprint density at radius 2 is 1.96 bits per heavy atom. The Labute approximate surface area is 150 Å². The molecule has 0 aliphatic heterocycles. The average Bonchev–Trinajstić information content (AvgIpc) is 2.57. The van der Waals surface area contributed by atoms with Gasteiger partial charge in [0.05, 0.1) is 11.6 Å². The van der Waals surface area contributed by atoms with Gasteiger partial charge in [-0.15, -0.1) is 0 Å². The number of nitriles is 1. The summed E-state index contributed by atoms with van der Waals surface area (Å²) in [5.74, 6) is -0.670. The Morgan fingerprint density at radius 3 is 2.54 bits per heavy atom. The van der Waals surface area contributed by atoms with E-state index in [-0.39, 0.29) is 12.2 Å². The molecule has 0 unspecified atom stereocenters. The number of rotatable bonds is 5. The molecular formula is C18H14Cl2N2O2. The molecule has 122 valence electrons. The molecule has 2 aromatic rings. The van der Waals surface area contributed by atoms with Crippen LogP contribution in [0.15, 0.2) is 54.2 Å². The lowest BCUT2D eigenvalue weighted by molar-refractivity contribution is -0.138. The summed E-state index contributed by atoms with van der Waals surface area (Å²) < 4.78 is 4.79. The molecule has 2 rings (SSSR count). The topological polar surface area (TPSA) is 62.1 Å². The molecule has 0 aliphatic carbocycles. The van der Waals surface area contributed by atoms with Gasteiger partial charge < -0.3 is 10.1 Å². The van der Waals surface area contributed by atoms with Crippen LogP contribution in [0.2, 0.25) is 10.0 Å². The minimum absolute atomic E-state index is 0.116. The molecule has 0 atom stereocenters. The summed E-state index contributed by atoms with van der Waals surface area (Å²) in [4.78, 5) is 11.5. The third kappa shape index (κ3) is 4.51. The standard InChI is InChI=1S/C18H14Cl2N2O2/c1-2-24-18(23)13(10-21)11-22-15-7-8-16(17(20)9-15)12-3-5-14(19)6-4-12/h3-9,11,22H,2H2,1H3/b13-11+. The number of anilines is 1. The van der Waals surface area contributed by atoms with Crippen molar-refractivity contribution in [3.63, 3.8) is 0 Å². The number of hydrogen-bond donors (Lipinski definition) is 1. The van der Waals surface area contributed by atoms with Crippen molar-refractivity contribution in [2.45, 2.75) is 6.92 Å². The number of hydrogen-bond acceptors (Lipinski definition) is 4. The predicted octanol–water partition coefficient (Wildman–Crippen LogP) is 5.04. The zero-order chi connectivity index (χ0) is 17.5. The summed E-state index contributed by atoms with van der Waals surface area (Å²) >= 11 is 12.2. The molecule has 1 N–H and O–H groups in total. The van der Waals surface area contributed by atoms with Crippen LogP contribution in [-0.4, -0.2) is 12.6 Å². The smallest absolute Gasteiger partial charge is 0.350 e. The van der Waals surface area contributed by atoms with Crippen LogP contribution in [0.25, 0.3) is 11.1 Å². The highest BCUT2D eigenvalue weighted by molar-refractivity contribution is 6.33. The third-order valence-corrected chi connectivity index (χ3v) is 3.69. The molecule has 4 nitrogen and oxygen atoms in total. The molecule has 0 radical (unpaired) electrons. The minimum atomic E-state index is -0.670. The van der Waals surface area contributed by atoms with Crippen molar-refractivity contribution < 1.29 is 9.53 Å². The van der Waals surface area contributed by atoms with E-state index in [2.05, 4.69) is 5.32 Å². The van der Waals surface area contributed by atoms with Crippen molar-refractivity contribution in [3.05, 3.63) is 64.3 Å². The SMILES string of the molecule is CCOC(=O)/C(C#N)=C/Nc1ccc(-c2ccc(Cl)cc2)c(Cl)c1. The first-order chi connectivity index (χ1) is 11.5. The van der Waals surface area contributed by atoms with Crippen LogP contribution < -0.4 is 5.32 Å². The molecular weight excluding hydrogens is 347 g/mol. The van der Waals surface area contributed by atoms with E-state index < -0.39 is 5.97 Å². The Morgan fingerprint density at radius 1 is 1.25 bits per heavy atom. The maximum absolute atomic E-state index is 11.5.